The van der Waals surface area contributed by atoms with E-state index >= 15 is 0 Å². The maximum Gasteiger partial charge on any atom is 0.120 e. The Morgan fingerprint density at radius 1 is 1.07 bits per heavy atom. The second-order valence-electron chi connectivity index (χ2n) is 8.08. The number of hydrogen-bond acceptors (Lipinski definition) is 2. The fraction of sp³-hybridized carbons (Fsp3) is 0.231. The summed E-state index contributed by atoms with van der Waals surface area (Å²) in [5.41, 5.74) is 4.96. The van der Waals surface area contributed by atoms with Crippen LogP contribution in [0, 0.1) is 5.92 Å². The number of rotatable bonds is 4. The fourth-order valence-corrected chi connectivity index (χ4v) is 4.60. The summed E-state index contributed by atoms with van der Waals surface area (Å²) >= 11 is 0. The van der Waals surface area contributed by atoms with Gasteiger partial charge in [0.2, 0.25) is 0 Å². The molecule has 1 aliphatic heterocycles. The van der Waals surface area contributed by atoms with E-state index in [0.717, 1.165) is 17.7 Å². The number of nitrogens with one attached hydrogen (secondary N) is 1. The van der Waals surface area contributed by atoms with Crippen molar-refractivity contribution >= 4 is 16.5 Å². The molecule has 0 radical (unpaired) electrons. The van der Waals surface area contributed by atoms with Gasteiger partial charge in [-0.3, -0.25) is 0 Å². The molecule has 0 saturated carbocycles. The molecular formula is C26H25NO. The summed E-state index contributed by atoms with van der Waals surface area (Å²) in [6.45, 7) is 6.48. The van der Waals surface area contributed by atoms with Gasteiger partial charge in [0, 0.05) is 11.6 Å². The van der Waals surface area contributed by atoms with Crippen molar-refractivity contribution in [3.8, 4) is 5.75 Å². The smallest absolute Gasteiger partial charge is 0.120 e. The molecule has 0 spiro atoms. The van der Waals surface area contributed by atoms with E-state index in [2.05, 4.69) is 84.7 Å². The number of fused-ring (bicyclic) bond motifs is 4. The molecule has 0 saturated heterocycles. The number of hydrogen-bond donors (Lipinski definition) is 1. The van der Waals surface area contributed by atoms with Crippen molar-refractivity contribution in [2.75, 3.05) is 11.9 Å². The van der Waals surface area contributed by atoms with Crippen LogP contribution in [0.25, 0.3) is 10.8 Å². The van der Waals surface area contributed by atoms with Gasteiger partial charge in [-0.15, -0.1) is 0 Å². The standard InChI is InChI=1S/C26H25NO/c1-17(2)16-28-21-12-13-25-24(15-21)22-8-5-9-23(22)26(27-25)20-11-10-18-6-3-4-7-19(18)14-20/h3-8,10-15,22-23,26-27H,1,9,16H2,2H3. The highest BCUT2D eigenvalue weighted by Gasteiger charge is 2.38. The van der Waals surface area contributed by atoms with Gasteiger partial charge in [-0.1, -0.05) is 55.1 Å². The maximum absolute atomic E-state index is 5.89. The molecule has 2 aliphatic rings. The third-order valence-electron chi connectivity index (χ3n) is 5.95. The predicted octanol–water partition coefficient (Wildman–Crippen LogP) is 6.62. The maximum atomic E-state index is 5.89. The van der Waals surface area contributed by atoms with Crippen molar-refractivity contribution in [2.24, 2.45) is 5.92 Å². The van der Waals surface area contributed by atoms with Crippen LogP contribution in [0.3, 0.4) is 0 Å². The Labute approximate surface area is 166 Å². The van der Waals surface area contributed by atoms with Crippen LogP contribution in [0.1, 0.15) is 36.4 Å². The van der Waals surface area contributed by atoms with E-state index in [1.807, 2.05) is 6.92 Å². The molecule has 5 rings (SSSR count). The molecule has 3 aromatic carbocycles. The van der Waals surface area contributed by atoms with Gasteiger partial charge in [-0.25, -0.2) is 0 Å². The van der Waals surface area contributed by atoms with Crippen LogP contribution in [0.5, 0.6) is 5.75 Å². The minimum absolute atomic E-state index is 0.319. The minimum Gasteiger partial charge on any atom is -0.489 e. The zero-order valence-corrected chi connectivity index (χ0v) is 16.2. The Morgan fingerprint density at radius 3 is 2.79 bits per heavy atom. The Balaban J connectivity index is 1.50. The van der Waals surface area contributed by atoms with Crippen molar-refractivity contribution < 1.29 is 4.74 Å². The first-order chi connectivity index (χ1) is 13.7. The summed E-state index contributed by atoms with van der Waals surface area (Å²) in [5, 5.41) is 6.43. The summed E-state index contributed by atoms with van der Waals surface area (Å²) in [5.74, 6) is 1.89. The van der Waals surface area contributed by atoms with E-state index in [1.54, 1.807) is 0 Å². The third kappa shape index (κ3) is 2.99. The van der Waals surface area contributed by atoms with Crippen molar-refractivity contribution in [3.63, 3.8) is 0 Å². The highest BCUT2D eigenvalue weighted by molar-refractivity contribution is 5.83. The lowest BCUT2D eigenvalue weighted by Crippen LogP contribution is -2.29. The van der Waals surface area contributed by atoms with Gasteiger partial charge in [0.15, 0.2) is 0 Å². The molecular weight excluding hydrogens is 342 g/mol. The summed E-state index contributed by atoms with van der Waals surface area (Å²) in [6.07, 6.45) is 5.81. The molecule has 28 heavy (non-hydrogen) atoms. The van der Waals surface area contributed by atoms with Gasteiger partial charge in [-0.2, -0.15) is 0 Å². The molecule has 1 N–H and O–H groups in total. The monoisotopic (exact) mass is 367 g/mol. The molecule has 2 heteroatoms. The molecule has 1 aliphatic carbocycles. The topological polar surface area (TPSA) is 21.3 Å². The van der Waals surface area contributed by atoms with Crippen molar-refractivity contribution in [3.05, 3.63) is 96.1 Å². The van der Waals surface area contributed by atoms with E-state index in [0.29, 0.717) is 24.5 Å². The predicted molar refractivity (Wildman–Crippen MR) is 117 cm³/mol. The first-order valence-corrected chi connectivity index (χ1v) is 10.0. The average Bonchev–Trinajstić information content (AvgIpc) is 3.21. The van der Waals surface area contributed by atoms with Gasteiger partial charge in [0.25, 0.3) is 0 Å². The lowest BCUT2D eigenvalue weighted by molar-refractivity contribution is 0.350. The lowest BCUT2D eigenvalue weighted by atomic mass is 9.77. The molecule has 2 nitrogen and oxygen atoms in total. The third-order valence-corrected chi connectivity index (χ3v) is 5.95. The van der Waals surface area contributed by atoms with Crippen LogP contribution in [0.4, 0.5) is 5.69 Å². The van der Waals surface area contributed by atoms with Crippen LogP contribution in [-0.4, -0.2) is 6.61 Å². The number of ether oxygens (including phenoxy) is 1. The van der Waals surface area contributed by atoms with Crippen LogP contribution >= 0.6 is 0 Å². The largest absolute Gasteiger partial charge is 0.489 e. The molecule has 3 aromatic rings. The molecule has 0 bridgehead atoms. The quantitative estimate of drug-likeness (QED) is 0.523. The zero-order chi connectivity index (χ0) is 19.1. The second kappa shape index (κ2) is 6.87. The normalized spacial score (nSPS) is 22.4. The van der Waals surface area contributed by atoms with Gasteiger partial charge in [-0.05, 0) is 71.0 Å². The first-order valence-electron chi connectivity index (χ1n) is 10.0. The van der Waals surface area contributed by atoms with Gasteiger partial charge >= 0.3 is 0 Å². The SMILES string of the molecule is C=C(C)COc1ccc2c(c1)C1C=CCC1C(c1ccc3ccccc3c1)N2. The molecule has 140 valence electrons. The second-order valence-corrected chi connectivity index (χ2v) is 8.08. The molecule has 0 amide bonds. The summed E-state index contributed by atoms with van der Waals surface area (Å²) < 4.78 is 5.89. The Morgan fingerprint density at radius 2 is 1.93 bits per heavy atom. The van der Waals surface area contributed by atoms with Crippen molar-refractivity contribution in [2.45, 2.75) is 25.3 Å². The lowest BCUT2D eigenvalue weighted by Gasteiger charge is -2.37. The van der Waals surface area contributed by atoms with Gasteiger partial charge in [0.05, 0.1) is 6.04 Å². The Kier molecular flexibility index (Phi) is 4.20. The number of anilines is 1. The van der Waals surface area contributed by atoms with Crippen LogP contribution in [-0.2, 0) is 0 Å². The highest BCUT2D eigenvalue weighted by Crippen LogP contribution is 2.50. The molecule has 0 aromatic heterocycles. The van der Waals surface area contributed by atoms with E-state index in [4.69, 9.17) is 4.74 Å². The van der Waals surface area contributed by atoms with E-state index in [9.17, 15) is 0 Å². The minimum atomic E-state index is 0.319. The molecule has 3 atom stereocenters. The summed E-state index contributed by atoms with van der Waals surface area (Å²) in [7, 11) is 0. The fourth-order valence-electron chi connectivity index (χ4n) is 4.60. The van der Waals surface area contributed by atoms with E-state index in [-0.39, 0.29) is 0 Å². The van der Waals surface area contributed by atoms with Crippen LogP contribution in [0.15, 0.2) is 85.0 Å². The number of allylic oxidation sites excluding steroid dienone is 2. The van der Waals surface area contributed by atoms with Crippen molar-refractivity contribution in [1.82, 2.24) is 0 Å². The molecule has 0 fully saturated rings. The number of benzene rings is 3. The van der Waals surface area contributed by atoms with Crippen LogP contribution < -0.4 is 10.1 Å². The summed E-state index contributed by atoms with van der Waals surface area (Å²) in [4.78, 5) is 0. The van der Waals surface area contributed by atoms with E-state index in [1.165, 1.54) is 27.6 Å². The first kappa shape index (κ1) is 17.1. The Bertz CT molecular complexity index is 1080. The average molecular weight is 367 g/mol. The molecule has 3 unspecified atom stereocenters. The Hall–Kier alpha value is -3.00. The molecule has 1 heterocycles. The zero-order valence-electron chi connectivity index (χ0n) is 16.2. The van der Waals surface area contributed by atoms with Crippen molar-refractivity contribution in [1.29, 1.82) is 0 Å². The van der Waals surface area contributed by atoms with Crippen LogP contribution in [0.2, 0.25) is 0 Å². The van der Waals surface area contributed by atoms with Gasteiger partial charge < -0.3 is 10.1 Å². The summed E-state index contributed by atoms with van der Waals surface area (Å²) in [6, 6.07) is 22.2. The van der Waals surface area contributed by atoms with E-state index < -0.39 is 0 Å². The highest BCUT2D eigenvalue weighted by atomic mass is 16.5. The van der Waals surface area contributed by atoms with Gasteiger partial charge in [0.1, 0.15) is 12.4 Å².